The molecule has 1 aliphatic rings. The fourth-order valence-corrected chi connectivity index (χ4v) is 3.41. The predicted molar refractivity (Wildman–Crippen MR) is 102 cm³/mol. The van der Waals surface area contributed by atoms with Crippen molar-refractivity contribution in [1.29, 1.82) is 0 Å². The van der Waals surface area contributed by atoms with E-state index in [9.17, 15) is 9.59 Å². The Kier molecular flexibility index (Phi) is 5.23. The number of rotatable bonds is 4. The number of likely N-dealkylation sites (tertiary alicyclic amines) is 1. The van der Waals surface area contributed by atoms with Crippen LogP contribution >= 0.6 is 15.9 Å². The average molecular weight is 401 g/mol. The lowest BCUT2D eigenvalue weighted by Crippen LogP contribution is -2.30. The first-order valence-corrected chi connectivity index (χ1v) is 9.16. The molecule has 5 heteroatoms. The molecule has 0 bridgehead atoms. The van der Waals surface area contributed by atoms with E-state index < -0.39 is 0 Å². The standard InChI is InChI=1S/C20H21BrN2O2/c1-13-10-17(8-9-18(13)21)22-20(25)16-11-19(24)23(12-16)14(2)15-6-4-3-5-7-15/h3-10,14,16H,11-12H2,1-2H3,(H,22,25). The average Bonchev–Trinajstić information content (AvgIpc) is 3.00. The summed E-state index contributed by atoms with van der Waals surface area (Å²) in [6, 6.07) is 15.6. The highest BCUT2D eigenvalue weighted by molar-refractivity contribution is 9.10. The van der Waals surface area contributed by atoms with Crippen LogP contribution in [0, 0.1) is 12.8 Å². The van der Waals surface area contributed by atoms with Crippen LogP contribution in [-0.4, -0.2) is 23.3 Å². The van der Waals surface area contributed by atoms with E-state index in [-0.39, 0.29) is 30.2 Å². The quantitative estimate of drug-likeness (QED) is 0.830. The van der Waals surface area contributed by atoms with Crippen molar-refractivity contribution in [3.63, 3.8) is 0 Å². The van der Waals surface area contributed by atoms with Gasteiger partial charge < -0.3 is 10.2 Å². The molecule has 0 aromatic heterocycles. The van der Waals surface area contributed by atoms with Crippen LogP contribution in [0.25, 0.3) is 0 Å². The number of amides is 2. The van der Waals surface area contributed by atoms with Crippen LogP contribution in [0.2, 0.25) is 0 Å². The minimum absolute atomic E-state index is 0.0265. The van der Waals surface area contributed by atoms with Gasteiger partial charge in [0.05, 0.1) is 12.0 Å². The number of nitrogens with one attached hydrogen (secondary N) is 1. The number of hydrogen-bond donors (Lipinski definition) is 1. The minimum atomic E-state index is -0.317. The molecule has 25 heavy (non-hydrogen) atoms. The second kappa shape index (κ2) is 7.40. The molecule has 2 atom stereocenters. The Morgan fingerprint density at radius 1 is 1.24 bits per heavy atom. The molecule has 3 rings (SSSR count). The molecule has 1 aliphatic heterocycles. The van der Waals surface area contributed by atoms with Gasteiger partial charge in [0, 0.05) is 23.1 Å². The molecule has 2 unspecified atom stereocenters. The summed E-state index contributed by atoms with van der Waals surface area (Å²) in [7, 11) is 0. The number of aryl methyl sites for hydroxylation is 1. The Morgan fingerprint density at radius 2 is 1.96 bits per heavy atom. The first-order chi connectivity index (χ1) is 12.0. The lowest BCUT2D eigenvalue weighted by molar-refractivity contribution is -0.129. The van der Waals surface area contributed by atoms with Crippen molar-refractivity contribution in [2.75, 3.05) is 11.9 Å². The molecule has 130 valence electrons. The fourth-order valence-electron chi connectivity index (χ4n) is 3.16. The van der Waals surface area contributed by atoms with Crippen molar-refractivity contribution >= 4 is 33.4 Å². The Hall–Kier alpha value is -2.14. The Bertz CT molecular complexity index is 792. The molecule has 2 aromatic carbocycles. The number of hydrogen-bond acceptors (Lipinski definition) is 2. The monoisotopic (exact) mass is 400 g/mol. The maximum atomic E-state index is 12.6. The van der Waals surface area contributed by atoms with Gasteiger partial charge in [-0.05, 0) is 43.2 Å². The van der Waals surface area contributed by atoms with Crippen molar-refractivity contribution in [3.05, 3.63) is 64.1 Å². The van der Waals surface area contributed by atoms with Gasteiger partial charge in [0.1, 0.15) is 0 Å². The van der Waals surface area contributed by atoms with E-state index in [1.54, 1.807) is 4.90 Å². The third-order valence-corrected chi connectivity index (χ3v) is 5.59. The van der Waals surface area contributed by atoms with E-state index in [1.807, 2.05) is 62.4 Å². The normalized spacial score (nSPS) is 18.3. The Morgan fingerprint density at radius 3 is 2.64 bits per heavy atom. The number of benzene rings is 2. The zero-order valence-corrected chi connectivity index (χ0v) is 15.9. The molecule has 2 aromatic rings. The summed E-state index contributed by atoms with van der Waals surface area (Å²) in [5.41, 5.74) is 2.90. The van der Waals surface area contributed by atoms with Crippen LogP contribution in [-0.2, 0) is 9.59 Å². The molecule has 1 N–H and O–H groups in total. The third-order valence-electron chi connectivity index (χ3n) is 4.70. The van der Waals surface area contributed by atoms with Crippen molar-refractivity contribution in [2.45, 2.75) is 26.3 Å². The van der Waals surface area contributed by atoms with Gasteiger partial charge in [0.15, 0.2) is 0 Å². The van der Waals surface area contributed by atoms with Crippen molar-refractivity contribution in [2.24, 2.45) is 5.92 Å². The van der Waals surface area contributed by atoms with Crippen LogP contribution in [0.5, 0.6) is 0 Å². The van der Waals surface area contributed by atoms with Gasteiger partial charge in [0.2, 0.25) is 11.8 Å². The van der Waals surface area contributed by atoms with E-state index in [1.165, 1.54) is 0 Å². The molecule has 1 heterocycles. The highest BCUT2D eigenvalue weighted by atomic mass is 79.9. The second-order valence-corrected chi connectivity index (χ2v) is 7.34. The Balaban J connectivity index is 1.67. The summed E-state index contributed by atoms with van der Waals surface area (Å²) in [6.07, 6.45) is 0.262. The number of anilines is 1. The Labute approximate surface area is 156 Å². The minimum Gasteiger partial charge on any atom is -0.335 e. The molecule has 2 amide bonds. The van der Waals surface area contributed by atoms with Crippen LogP contribution in [0.3, 0.4) is 0 Å². The van der Waals surface area contributed by atoms with Gasteiger partial charge >= 0.3 is 0 Å². The number of carbonyl (C=O) groups excluding carboxylic acids is 2. The SMILES string of the molecule is Cc1cc(NC(=O)C2CC(=O)N(C(C)c3ccccc3)C2)ccc1Br. The van der Waals surface area contributed by atoms with Gasteiger partial charge in [-0.3, -0.25) is 9.59 Å². The van der Waals surface area contributed by atoms with Gasteiger partial charge in [-0.1, -0.05) is 46.3 Å². The highest BCUT2D eigenvalue weighted by Crippen LogP contribution is 2.29. The zero-order valence-electron chi connectivity index (χ0n) is 14.3. The summed E-state index contributed by atoms with van der Waals surface area (Å²) in [5.74, 6) is -0.385. The fraction of sp³-hybridized carbons (Fsp3) is 0.300. The molecular weight excluding hydrogens is 380 g/mol. The van der Waals surface area contributed by atoms with Gasteiger partial charge in [0.25, 0.3) is 0 Å². The van der Waals surface area contributed by atoms with Crippen molar-refractivity contribution in [3.8, 4) is 0 Å². The van der Waals surface area contributed by atoms with Crippen molar-refractivity contribution < 1.29 is 9.59 Å². The molecule has 1 fully saturated rings. The first kappa shape index (κ1) is 17.7. The summed E-state index contributed by atoms with van der Waals surface area (Å²) in [5, 5.41) is 2.93. The van der Waals surface area contributed by atoms with E-state index in [2.05, 4.69) is 21.2 Å². The highest BCUT2D eigenvalue weighted by Gasteiger charge is 2.37. The first-order valence-electron chi connectivity index (χ1n) is 8.37. The summed E-state index contributed by atoms with van der Waals surface area (Å²) in [4.78, 5) is 26.8. The molecule has 0 saturated carbocycles. The smallest absolute Gasteiger partial charge is 0.229 e. The number of halogens is 1. The van der Waals surface area contributed by atoms with E-state index in [4.69, 9.17) is 0 Å². The maximum Gasteiger partial charge on any atom is 0.229 e. The largest absolute Gasteiger partial charge is 0.335 e. The number of nitrogens with zero attached hydrogens (tertiary/aromatic N) is 1. The van der Waals surface area contributed by atoms with E-state index in [0.29, 0.717) is 6.54 Å². The topological polar surface area (TPSA) is 49.4 Å². The molecule has 1 saturated heterocycles. The molecule has 4 nitrogen and oxygen atoms in total. The molecule has 0 spiro atoms. The third kappa shape index (κ3) is 3.93. The number of carbonyl (C=O) groups is 2. The van der Waals surface area contributed by atoms with Crippen LogP contribution < -0.4 is 5.32 Å². The van der Waals surface area contributed by atoms with Gasteiger partial charge in [-0.25, -0.2) is 0 Å². The lowest BCUT2D eigenvalue weighted by atomic mass is 10.1. The summed E-state index contributed by atoms with van der Waals surface area (Å²) >= 11 is 3.45. The van der Waals surface area contributed by atoms with Crippen LogP contribution in [0.4, 0.5) is 5.69 Å². The van der Waals surface area contributed by atoms with Crippen molar-refractivity contribution in [1.82, 2.24) is 4.90 Å². The van der Waals surface area contributed by atoms with Crippen LogP contribution in [0.15, 0.2) is 53.0 Å². The molecule has 0 aliphatic carbocycles. The summed E-state index contributed by atoms with van der Waals surface area (Å²) in [6.45, 7) is 4.43. The zero-order chi connectivity index (χ0) is 18.0. The van der Waals surface area contributed by atoms with Gasteiger partial charge in [-0.15, -0.1) is 0 Å². The van der Waals surface area contributed by atoms with E-state index >= 15 is 0 Å². The van der Waals surface area contributed by atoms with Crippen LogP contribution in [0.1, 0.15) is 30.5 Å². The predicted octanol–water partition coefficient (Wildman–Crippen LogP) is 4.31. The maximum absolute atomic E-state index is 12.6. The lowest BCUT2D eigenvalue weighted by Gasteiger charge is -2.25. The molecule has 0 radical (unpaired) electrons. The second-order valence-electron chi connectivity index (χ2n) is 6.49. The molecular formula is C20H21BrN2O2. The summed E-state index contributed by atoms with van der Waals surface area (Å²) < 4.78 is 1.00. The van der Waals surface area contributed by atoms with Gasteiger partial charge in [-0.2, -0.15) is 0 Å². The van der Waals surface area contributed by atoms with E-state index in [0.717, 1.165) is 21.3 Å².